The molecule has 2 nitrogen and oxygen atoms in total. The monoisotopic (exact) mass is 302 g/mol. The molecule has 0 atom stereocenters. The molecule has 2 aromatic carbocycles. The van der Waals surface area contributed by atoms with E-state index in [-0.39, 0.29) is 5.82 Å². The Labute approximate surface area is 128 Å². The molecular formula is C17H16ClFN2. The maximum atomic E-state index is 13.4. The standard InChI is InChI=1S/C17H16ClFN2/c1-11-4-3-5-14-17(11)21(16(20-14)8-9-18)15-7-6-13(19)10-12(15)2/h3-7,10H,8-9H2,1-2H3. The third-order valence-electron chi connectivity index (χ3n) is 3.67. The van der Waals surface area contributed by atoms with Gasteiger partial charge in [-0.3, -0.25) is 4.57 Å². The Kier molecular flexibility index (Phi) is 3.68. The van der Waals surface area contributed by atoms with Crippen LogP contribution in [-0.2, 0) is 6.42 Å². The van der Waals surface area contributed by atoms with E-state index in [0.29, 0.717) is 12.3 Å². The van der Waals surface area contributed by atoms with E-state index >= 15 is 0 Å². The number of para-hydroxylation sites is 1. The van der Waals surface area contributed by atoms with Crippen molar-refractivity contribution >= 4 is 22.6 Å². The zero-order valence-electron chi connectivity index (χ0n) is 12.0. The number of benzene rings is 2. The molecule has 1 aromatic heterocycles. The molecule has 0 N–H and O–H groups in total. The van der Waals surface area contributed by atoms with E-state index < -0.39 is 0 Å². The quantitative estimate of drug-likeness (QED) is 0.648. The third-order valence-corrected chi connectivity index (χ3v) is 3.85. The number of imidazole rings is 1. The minimum absolute atomic E-state index is 0.226. The molecular weight excluding hydrogens is 287 g/mol. The molecule has 0 aliphatic heterocycles. The molecule has 0 bridgehead atoms. The van der Waals surface area contributed by atoms with E-state index in [1.54, 1.807) is 12.1 Å². The molecule has 0 spiro atoms. The van der Waals surface area contributed by atoms with E-state index in [1.165, 1.54) is 6.07 Å². The zero-order valence-corrected chi connectivity index (χ0v) is 12.8. The largest absolute Gasteiger partial charge is 0.296 e. The van der Waals surface area contributed by atoms with Crippen LogP contribution < -0.4 is 0 Å². The zero-order chi connectivity index (χ0) is 15.0. The summed E-state index contributed by atoms with van der Waals surface area (Å²) < 4.78 is 15.5. The van der Waals surface area contributed by atoms with Crippen molar-refractivity contribution in [1.29, 1.82) is 0 Å². The van der Waals surface area contributed by atoms with Gasteiger partial charge in [0.15, 0.2) is 0 Å². The summed E-state index contributed by atoms with van der Waals surface area (Å²) >= 11 is 5.91. The van der Waals surface area contributed by atoms with Gasteiger partial charge in [0.2, 0.25) is 0 Å². The fourth-order valence-corrected chi connectivity index (χ4v) is 2.89. The fraction of sp³-hybridized carbons (Fsp3) is 0.235. The fourth-order valence-electron chi connectivity index (χ4n) is 2.72. The summed E-state index contributed by atoms with van der Waals surface area (Å²) in [6.07, 6.45) is 0.673. The number of aryl methyl sites for hydroxylation is 3. The van der Waals surface area contributed by atoms with Crippen molar-refractivity contribution in [2.75, 3.05) is 5.88 Å². The van der Waals surface area contributed by atoms with Gasteiger partial charge >= 0.3 is 0 Å². The molecule has 1 heterocycles. The number of halogens is 2. The highest BCUT2D eigenvalue weighted by Gasteiger charge is 2.15. The number of fused-ring (bicyclic) bond motifs is 1. The summed E-state index contributed by atoms with van der Waals surface area (Å²) in [5.74, 6) is 1.18. The van der Waals surface area contributed by atoms with Gasteiger partial charge in [0, 0.05) is 12.3 Å². The van der Waals surface area contributed by atoms with E-state index in [9.17, 15) is 4.39 Å². The predicted molar refractivity (Wildman–Crippen MR) is 84.9 cm³/mol. The van der Waals surface area contributed by atoms with E-state index in [1.807, 2.05) is 19.1 Å². The van der Waals surface area contributed by atoms with Crippen LogP contribution in [0.5, 0.6) is 0 Å². The summed E-state index contributed by atoms with van der Waals surface area (Å²) in [4.78, 5) is 4.69. The Morgan fingerprint density at radius 3 is 2.67 bits per heavy atom. The van der Waals surface area contributed by atoms with Crippen LogP contribution >= 0.6 is 11.6 Å². The molecule has 0 fully saturated rings. The Bertz CT molecular complexity index is 808. The average molecular weight is 303 g/mol. The lowest BCUT2D eigenvalue weighted by Crippen LogP contribution is -2.05. The van der Waals surface area contributed by atoms with Gasteiger partial charge in [-0.15, -0.1) is 11.6 Å². The van der Waals surface area contributed by atoms with Gasteiger partial charge in [-0.2, -0.15) is 0 Å². The van der Waals surface area contributed by atoms with Crippen LogP contribution in [0.1, 0.15) is 17.0 Å². The number of hydrogen-bond donors (Lipinski definition) is 0. The van der Waals surface area contributed by atoms with Crippen LogP contribution in [-0.4, -0.2) is 15.4 Å². The number of rotatable bonds is 3. The van der Waals surface area contributed by atoms with Crippen molar-refractivity contribution in [3.05, 3.63) is 59.2 Å². The van der Waals surface area contributed by atoms with Crippen LogP contribution in [0.3, 0.4) is 0 Å². The highest BCUT2D eigenvalue weighted by atomic mass is 35.5. The number of hydrogen-bond acceptors (Lipinski definition) is 1. The molecule has 0 saturated carbocycles. The molecule has 0 amide bonds. The molecule has 0 saturated heterocycles. The molecule has 0 unspecified atom stereocenters. The second kappa shape index (κ2) is 5.49. The predicted octanol–water partition coefficient (Wildman–Crippen LogP) is 4.56. The van der Waals surface area contributed by atoms with Crippen LogP contribution in [0.2, 0.25) is 0 Å². The van der Waals surface area contributed by atoms with Crippen LogP contribution in [0, 0.1) is 19.7 Å². The molecule has 4 heteroatoms. The van der Waals surface area contributed by atoms with Crippen molar-refractivity contribution in [3.8, 4) is 5.69 Å². The van der Waals surface area contributed by atoms with Crippen molar-refractivity contribution < 1.29 is 4.39 Å². The Balaban J connectivity index is 2.35. The summed E-state index contributed by atoms with van der Waals surface area (Å²) in [6.45, 7) is 3.97. The van der Waals surface area contributed by atoms with Gasteiger partial charge < -0.3 is 0 Å². The van der Waals surface area contributed by atoms with Gasteiger partial charge in [-0.25, -0.2) is 9.37 Å². The number of nitrogens with zero attached hydrogens (tertiary/aromatic N) is 2. The molecule has 0 aliphatic rings. The Morgan fingerprint density at radius 2 is 1.95 bits per heavy atom. The second-order valence-corrected chi connectivity index (χ2v) is 5.55. The average Bonchev–Trinajstić information content (AvgIpc) is 2.79. The lowest BCUT2D eigenvalue weighted by Gasteiger charge is -2.13. The van der Waals surface area contributed by atoms with Crippen molar-refractivity contribution in [3.63, 3.8) is 0 Å². The van der Waals surface area contributed by atoms with E-state index in [4.69, 9.17) is 11.6 Å². The third kappa shape index (κ3) is 2.42. The normalized spacial score (nSPS) is 11.2. The SMILES string of the molecule is Cc1cc(F)ccc1-n1c(CCCl)nc2cccc(C)c21. The van der Waals surface area contributed by atoms with Gasteiger partial charge in [-0.1, -0.05) is 12.1 Å². The molecule has 108 valence electrons. The summed E-state index contributed by atoms with van der Waals surface area (Å²) in [7, 11) is 0. The van der Waals surface area contributed by atoms with Gasteiger partial charge in [0.1, 0.15) is 11.6 Å². The summed E-state index contributed by atoms with van der Waals surface area (Å²) in [5, 5.41) is 0. The van der Waals surface area contributed by atoms with Crippen LogP contribution in [0.15, 0.2) is 36.4 Å². The lowest BCUT2D eigenvalue weighted by molar-refractivity contribution is 0.626. The first-order valence-corrected chi connectivity index (χ1v) is 7.44. The second-order valence-electron chi connectivity index (χ2n) is 5.18. The van der Waals surface area contributed by atoms with Crippen molar-refractivity contribution in [1.82, 2.24) is 9.55 Å². The van der Waals surface area contributed by atoms with Crippen LogP contribution in [0.25, 0.3) is 16.7 Å². The molecule has 0 radical (unpaired) electrons. The van der Waals surface area contributed by atoms with Crippen LogP contribution in [0.4, 0.5) is 4.39 Å². The number of alkyl halides is 1. The minimum atomic E-state index is -0.226. The van der Waals surface area contributed by atoms with Gasteiger partial charge in [0.05, 0.1) is 16.7 Å². The van der Waals surface area contributed by atoms with Gasteiger partial charge in [-0.05, 0) is 49.2 Å². The summed E-state index contributed by atoms with van der Waals surface area (Å²) in [6, 6.07) is 10.9. The number of aromatic nitrogens is 2. The first-order chi connectivity index (χ1) is 10.1. The summed E-state index contributed by atoms with van der Waals surface area (Å²) in [5.41, 5.74) is 4.98. The Morgan fingerprint density at radius 1 is 1.14 bits per heavy atom. The highest BCUT2D eigenvalue weighted by molar-refractivity contribution is 6.18. The maximum absolute atomic E-state index is 13.4. The maximum Gasteiger partial charge on any atom is 0.123 e. The highest BCUT2D eigenvalue weighted by Crippen LogP contribution is 2.27. The molecule has 0 aliphatic carbocycles. The lowest BCUT2D eigenvalue weighted by atomic mass is 10.1. The van der Waals surface area contributed by atoms with Gasteiger partial charge in [0.25, 0.3) is 0 Å². The first-order valence-electron chi connectivity index (χ1n) is 6.91. The smallest absolute Gasteiger partial charge is 0.123 e. The van der Waals surface area contributed by atoms with Crippen molar-refractivity contribution in [2.45, 2.75) is 20.3 Å². The topological polar surface area (TPSA) is 17.8 Å². The van der Waals surface area contributed by atoms with E-state index in [0.717, 1.165) is 33.7 Å². The minimum Gasteiger partial charge on any atom is -0.296 e. The first kappa shape index (κ1) is 14.1. The molecule has 21 heavy (non-hydrogen) atoms. The van der Waals surface area contributed by atoms with Crippen molar-refractivity contribution in [2.24, 2.45) is 0 Å². The van der Waals surface area contributed by atoms with E-state index in [2.05, 4.69) is 22.5 Å². The molecule has 3 rings (SSSR count). The molecule has 3 aromatic rings. The Hall–Kier alpha value is -1.87.